The van der Waals surface area contributed by atoms with Gasteiger partial charge in [0.05, 0.1) is 5.69 Å². The fourth-order valence-electron chi connectivity index (χ4n) is 3.62. The van der Waals surface area contributed by atoms with Crippen molar-refractivity contribution >= 4 is 22.6 Å². The SMILES string of the molecule is Cc1cnc2c(c1NC(=O)CCC1CCCC1)c(=O)n(C)c(=O)n2C. The highest BCUT2D eigenvalue weighted by atomic mass is 16.2. The third-order valence-corrected chi connectivity index (χ3v) is 5.18. The number of amides is 1. The van der Waals surface area contributed by atoms with Crippen LogP contribution in [-0.4, -0.2) is 20.0 Å². The third-order valence-electron chi connectivity index (χ3n) is 5.18. The second-order valence-corrected chi connectivity index (χ2v) is 6.96. The molecule has 1 aliphatic carbocycles. The van der Waals surface area contributed by atoms with Crippen LogP contribution in [0.1, 0.15) is 44.1 Å². The largest absolute Gasteiger partial charge is 0.332 e. The lowest BCUT2D eigenvalue weighted by Gasteiger charge is -2.14. The number of hydrogen-bond donors (Lipinski definition) is 1. The molecule has 0 unspecified atom stereocenters. The first kappa shape index (κ1) is 17.4. The van der Waals surface area contributed by atoms with Crippen LogP contribution in [0.3, 0.4) is 0 Å². The zero-order valence-corrected chi connectivity index (χ0v) is 15.0. The van der Waals surface area contributed by atoms with Gasteiger partial charge >= 0.3 is 5.69 Å². The molecule has 25 heavy (non-hydrogen) atoms. The van der Waals surface area contributed by atoms with Crippen molar-refractivity contribution in [3.8, 4) is 0 Å². The summed E-state index contributed by atoms with van der Waals surface area (Å²) in [5.74, 6) is 0.535. The molecule has 0 bridgehead atoms. The number of carbonyl (C=O) groups is 1. The van der Waals surface area contributed by atoms with Crippen LogP contribution in [0.2, 0.25) is 0 Å². The van der Waals surface area contributed by atoms with Crippen molar-refractivity contribution in [3.63, 3.8) is 0 Å². The molecule has 0 radical (unpaired) electrons. The Morgan fingerprint density at radius 2 is 1.92 bits per heavy atom. The normalized spacial score (nSPS) is 15.0. The minimum absolute atomic E-state index is 0.0987. The highest BCUT2D eigenvalue weighted by Gasteiger charge is 2.19. The van der Waals surface area contributed by atoms with Crippen molar-refractivity contribution in [3.05, 3.63) is 32.6 Å². The average Bonchev–Trinajstić information content (AvgIpc) is 3.11. The van der Waals surface area contributed by atoms with E-state index in [0.29, 0.717) is 23.6 Å². The second-order valence-electron chi connectivity index (χ2n) is 6.96. The summed E-state index contributed by atoms with van der Waals surface area (Å²) in [5.41, 5.74) is 0.563. The molecular weight excluding hydrogens is 320 g/mol. The number of anilines is 1. The molecule has 7 heteroatoms. The highest BCUT2D eigenvalue weighted by molar-refractivity contribution is 6.00. The Hall–Kier alpha value is -2.44. The summed E-state index contributed by atoms with van der Waals surface area (Å²) in [6.07, 6.45) is 7.81. The van der Waals surface area contributed by atoms with E-state index in [0.717, 1.165) is 11.0 Å². The van der Waals surface area contributed by atoms with Gasteiger partial charge in [-0.25, -0.2) is 9.78 Å². The van der Waals surface area contributed by atoms with E-state index in [4.69, 9.17) is 0 Å². The summed E-state index contributed by atoms with van der Waals surface area (Å²) < 4.78 is 2.36. The van der Waals surface area contributed by atoms with Crippen molar-refractivity contribution < 1.29 is 4.79 Å². The maximum Gasteiger partial charge on any atom is 0.332 e. The molecule has 134 valence electrons. The number of carbonyl (C=O) groups excluding carboxylic acids is 1. The minimum Gasteiger partial charge on any atom is -0.325 e. The van der Waals surface area contributed by atoms with Crippen LogP contribution in [0.5, 0.6) is 0 Å². The van der Waals surface area contributed by atoms with Gasteiger partial charge in [-0.05, 0) is 24.8 Å². The number of pyridine rings is 1. The molecule has 2 aromatic rings. The molecule has 0 spiro atoms. The topological polar surface area (TPSA) is 86.0 Å². The van der Waals surface area contributed by atoms with Crippen molar-refractivity contribution in [2.45, 2.75) is 45.4 Å². The number of rotatable bonds is 4. The van der Waals surface area contributed by atoms with Gasteiger partial charge in [0.25, 0.3) is 5.56 Å². The molecular formula is C18H24N4O3. The van der Waals surface area contributed by atoms with Crippen LogP contribution in [0.4, 0.5) is 5.69 Å². The number of hydrogen-bond acceptors (Lipinski definition) is 4. The Morgan fingerprint density at radius 1 is 1.24 bits per heavy atom. The van der Waals surface area contributed by atoms with Gasteiger partial charge in [-0.1, -0.05) is 25.7 Å². The molecule has 2 heterocycles. The lowest BCUT2D eigenvalue weighted by molar-refractivity contribution is -0.116. The van der Waals surface area contributed by atoms with E-state index in [1.165, 1.54) is 37.3 Å². The van der Waals surface area contributed by atoms with Crippen molar-refractivity contribution in [1.82, 2.24) is 14.1 Å². The monoisotopic (exact) mass is 344 g/mol. The van der Waals surface area contributed by atoms with Crippen LogP contribution in [0, 0.1) is 12.8 Å². The van der Waals surface area contributed by atoms with Gasteiger partial charge < -0.3 is 5.32 Å². The first-order valence-electron chi connectivity index (χ1n) is 8.75. The smallest absolute Gasteiger partial charge is 0.325 e. The maximum absolute atomic E-state index is 12.6. The van der Waals surface area contributed by atoms with E-state index in [-0.39, 0.29) is 16.9 Å². The van der Waals surface area contributed by atoms with Gasteiger partial charge in [0.1, 0.15) is 5.39 Å². The quantitative estimate of drug-likeness (QED) is 0.917. The Balaban J connectivity index is 1.95. The first-order valence-corrected chi connectivity index (χ1v) is 8.75. The fourth-order valence-corrected chi connectivity index (χ4v) is 3.62. The summed E-state index contributed by atoms with van der Waals surface area (Å²) in [7, 11) is 3.00. The first-order chi connectivity index (χ1) is 11.9. The van der Waals surface area contributed by atoms with Gasteiger partial charge in [0, 0.05) is 26.7 Å². The van der Waals surface area contributed by atoms with Crippen molar-refractivity contribution in [2.75, 3.05) is 5.32 Å². The molecule has 1 fully saturated rings. The van der Waals surface area contributed by atoms with Gasteiger partial charge in [-0.2, -0.15) is 0 Å². The van der Waals surface area contributed by atoms with Gasteiger partial charge in [-0.15, -0.1) is 0 Å². The predicted octanol–water partition coefficient (Wildman–Crippen LogP) is 1.85. The van der Waals surface area contributed by atoms with Gasteiger partial charge in [0.2, 0.25) is 5.91 Å². The van der Waals surface area contributed by atoms with Crippen LogP contribution in [0.15, 0.2) is 15.8 Å². The Kier molecular flexibility index (Phi) is 4.74. The molecule has 0 aromatic carbocycles. The molecule has 2 aromatic heterocycles. The maximum atomic E-state index is 12.6. The van der Waals surface area contributed by atoms with E-state index in [9.17, 15) is 14.4 Å². The number of nitrogens with one attached hydrogen (secondary N) is 1. The molecule has 0 saturated heterocycles. The molecule has 1 N–H and O–H groups in total. The van der Waals surface area contributed by atoms with E-state index >= 15 is 0 Å². The lowest BCUT2D eigenvalue weighted by atomic mass is 10.0. The van der Waals surface area contributed by atoms with Crippen molar-refractivity contribution in [2.24, 2.45) is 20.0 Å². The van der Waals surface area contributed by atoms with Crippen LogP contribution >= 0.6 is 0 Å². The standard InChI is InChI=1S/C18H24N4O3/c1-11-10-19-16-14(17(24)22(3)18(25)21(16)2)15(11)20-13(23)9-8-12-6-4-5-7-12/h10,12H,4-9H2,1-3H3,(H,19,20,23). The molecule has 0 aliphatic heterocycles. The van der Waals surface area contributed by atoms with Gasteiger partial charge in [-0.3, -0.25) is 18.7 Å². The number of aryl methyl sites for hydroxylation is 2. The second kappa shape index (κ2) is 6.82. The summed E-state index contributed by atoms with van der Waals surface area (Å²) in [4.78, 5) is 41.3. The Labute approximate surface area is 145 Å². The lowest BCUT2D eigenvalue weighted by Crippen LogP contribution is -2.37. The molecule has 7 nitrogen and oxygen atoms in total. The van der Waals surface area contributed by atoms with Crippen LogP contribution in [-0.2, 0) is 18.9 Å². The number of fused-ring (bicyclic) bond motifs is 1. The molecule has 1 aliphatic rings. The Bertz CT molecular complexity index is 936. The predicted molar refractivity (Wildman–Crippen MR) is 96.8 cm³/mol. The average molecular weight is 344 g/mol. The summed E-state index contributed by atoms with van der Waals surface area (Å²) >= 11 is 0. The van der Waals surface area contributed by atoms with Crippen LogP contribution < -0.4 is 16.6 Å². The summed E-state index contributed by atoms with van der Waals surface area (Å²) in [6.45, 7) is 1.80. The highest BCUT2D eigenvalue weighted by Crippen LogP contribution is 2.29. The fraction of sp³-hybridized carbons (Fsp3) is 0.556. The zero-order chi connectivity index (χ0) is 18.1. The van der Waals surface area contributed by atoms with E-state index in [1.807, 2.05) is 0 Å². The van der Waals surface area contributed by atoms with E-state index in [1.54, 1.807) is 20.2 Å². The minimum atomic E-state index is -0.444. The third kappa shape index (κ3) is 3.23. The molecule has 3 rings (SSSR count). The van der Waals surface area contributed by atoms with E-state index < -0.39 is 11.2 Å². The summed E-state index contributed by atoms with van der Waals surface area (Å²) in [6, 6.07) is 0. The van der Waals surface area contributed by atoms with Gasteiger partial charge in [0.15, 0.2) is 5.65 Å². The Morgan fingerprint density at radius 3 is 2.60 bits per heavy atom. The number of nitrogens with zero attached hydrogens (tertiary/aromatic N) is 3. The van der Waals surface area contributed by atoms with E-state index in [2.05, 4.69) is 10.3 Å². The molecule has 0 atom stereocenters. The van der Waals surface area contributed by atoms with Crippen molar-refractivity contribution in [1.29, 1.82) is 0 Å². The molecule has 1 saturated carbocycles. The van der Waals surface area contributed by atoms with Crippen LogP contribution in [0.25, 0.3) is 11.0 Å². The number of aromatic nitrogens is 3. The molecule has 1 amide bonds. The summed E-state index contributed by atoms with van der Waals surface area (Å²) in [5, 5.41) is 3.16. The zero-order valence-electron chi connectivity index (χ0n) is 15.0.